The van der Waals surface area contributed by atoms with E-state index in [0.717, 1.165) is 63.6 Å². The first-order valence-corrected chi connectivity index (χ1v) is 9.00. The van der Waals surface area contributed by atoms with Crippen LogP contribution in [0.1, 0.15) is 36.8 Å². The number of β-amino-alcohol motifs (C(OH)–C–C–N with tert-alkyl or cyclic N) is 1. The van der Waals surface area contributed by atoms with Crippen LogP contribution in [0.25, 0.3) is 0 Å². The summed E-state index contributed by atoms with van der Waals surface area (Å²) in [6.45, 7) is 7.57. The van der Waals surface area contributed by atoms with E-state index in [1.54, 1.807) is 0 Å². The van der Waals surface area contributed by atoms with Crippen LogP contribution in [0.2, 0.25) is 0 Å². The minimum absolute atomic E-state index is 0.354. The molecular formula is C17H29N5O. The van der Waals surface area contributed by atoms with E-state index in [1.165, 1.54) is 24.1 Å². The molecule has 0 aromatic carbocycles. The number of hydrogen-bond donors (Lipinski definition) is 3. The third-order valence-corrected chi connectivity index (χ3v) is 4.72. The standard InChI is InChI=1S/C17H29N5O/c1-2-16-20-15-6-8-18-7-5-14(15)17(21-16)19-11-13(23)12-22-9-3-4-10-22/h13,18,23H,2-12H2,1H3,(H,19,20,21)/t13-/m0/s1. The predicted octanol–water partition coefficient (Wildman–Crippen LogP) is 0.596. The summed E-state index contributed by atoms with van der Waals surface area (Å²) in [6.07, 6.45) is 4.90. The summed E-state index contributed by atoms with van der Waals surface area (Å²) < 4.78 is 0. The molecule has 3 rings (SSSR count). The van der Waals surface area contributed by atoms with Crippen LogP contribution in [0, 0.1) is 0 Å². The molecule has 6 heteroatoms. The van der Waals surface area contributed by atoms with Crippen molar-refractivity contribution < 1.29 is 5.11 Å². The van der Waals surface area contributed by atoms with Crippen LogP contribution in [0.3, 0.4) is 0 Å². The van der Waals surface area contributed by atoms with Gasteiger partial charge in [-0.15, -0.1) is 0 Å². The van der Waals surface area contributed by atoms with Crippen molar-refractivity contribution in [2.45, 2.75) is 45.1 Å². The number of nitrogens with zero attached hydrogens (tertiary/aromatic N) is 3. The quantitative estimate of drug-likeness (QED) is 0.713. The lowest BCUT2D eigenvalue weighted by Crippen LogP contribution is -2.34. The van der Waals surface area contributed by atoms with Gasteiger partial charge in [-0.2, -0.15) is 0 Å². The number of nitrogens with one attached hydrogen (secondary N) is 2. The Hall–Kier alpha value is -1.24. The molecule has 0 unspecified atom stereocenters. The highest BCUT2D eigenvalue weighted by atomic mass is 16.3. The normalized spacial score (nSPS) is 20.1. The molecule has 0 spiro atoms. The molecule has 0 aliphatic carbocycles. The van der Waals surface area contributed by atoms with Crippen molar-refractivity contribution in [3.8, 4) is 0 Å². The van der Waals surface area contributed by atoms with Gasteiger partial charge in [0.1, 0.15) is 11.6 Å². The van der Waals surface area contributed by atoms with Crippen molar-refractivity contribution in [3.63, 3.8) is 0 Å². The lowest BCUT2D eigenvalue weighted by molar-refractivity contribution is 0.135. The number of likely N-dealkylation sites (tertiary alicyclic amines) is 1. The van der Waals surface area contributed by atoms with Crippen molar-refractivity contribution in [2.75, 3.05) is 44.6 Å². The second kappa shape index (κ2) is 8.04. The van der Waals surface area contributed by atoms with E-state index in [0.29, 0.717) is 6.54 Å². The van der Waals surface area contributed by atoms with Gasteiger partial charge in [0.2, 0.25) is 0 Å². The van der Waals surface area contributed by atoms with Crippen molar-refractivity contribution in [3.05, 3.63) is 17.1 Å². The van der Waals surface area contributed by atoms with Gasteiger partial charge in [0.05, 0.1) is 11.8 Å². The fourth-order valence-corrected chi connectivity index (χ4v) is 3.44. The molecule has 1 fully saturated rings. The van der Waals surface area contributed by atoms with Crippen LogP contribution in [0.5, 0.6) is 0 Å². The molecule has 6 nitrogen and oxygen atoms in total. The van der Waals surface area contributed by atoms with Gasteiger partial charge < -0.3 is 20.6 Å². The molecule has 3 heterocycles. The molecule has 0 bridgehead atoms. The molecule has 1 aromatic rings. The van der Waals surface area contributed by atoms with Crippen LogP contribution in [0.4, 0.5) is 5.82 Å². The molecule has 0 radical (unpaired) electrons. The number of rotatable bonds is 6. The van der Waals surface area contributed by atoms with Crippen molar-refractivity contribution in [1.82, 2.24) is 20.2 Å². The molecular weight excluding hydrogens is 290 g/mol. The largest absolute Gasteiger partial charge is 0.390 e. The molecule has 1 atom stereocenters. The van der Waals surface area contributed by atoms with Gasteiger partial charge in [0.25, 0.3) is 0 Å². The number of anilines is 1. The molecule has 3 N–H and O–H groups in total. The third kappa shape index (κ3) is 4.40. The molecule has 0 amide bonds. The molecule has 23 heavy (non-hydrogen) atoms. The topological polar surface area (TPSA) is 73.3 Å². The summed E-state index contributed by atoms with van der Waals surface area (Å²) in [6, 6.07) is 0. The van der Waals surface area contributed by atoms with Gasteiger partial charge in [-0.1, -0.05) is 6.92 Å². The van der Waals surface area contributed by atoms with Crippen LogP contribution >= 0.6 is 0 Å². The zero-order valence-electron chi connectivity index (χ0n) is 14.1. The first-order chi connectivity index (χ1) is 11.3. The monoisotopic (exact) mass is 319 g/mol. The number of fused-ring (bicyclic) bond motifs is 1. The maximum absolute atomic E-state index is 10.3. The van der Waals surface area contributed by atoms with Gasteiger partial charge in [0.15, 0.2) is 0 Å². The van der Waals surface area contributed by atoms with Gasteiger partial charge >= 0.3 is 0 Å². The lowest BCUT2D eigenvalue weighted by Gasteiger charge is -2.21. The molecule has 2 aliphatic heterocycles. The van der Waals surface area contributed by atoms with Gasteiger partial charge in [-0.05, 0) is 38.9 Å². The minimum Gasteiger partial charge on any atom is -0.390 e. The van der Waals surface area contributed by atoms with E-state index in [1.807, 2.05) is 0 Å². The van der Waals surface area contributed by atoms with E-state index in [2.05, 4.69) is 27.4 Å². The fraction of sp³-hybridized carbons (Fsp3) is 0.765. The van der Waals surface area contributed by atoms with E-state index < -0.39 is 0 Å². The van der Waals surface area contributed by atoms with E-state index in [4.69, 9.17) is 4.98 Å². The Morgan fingerprint density at radius 3 is 2.78 bits per heavy atom. The number of hydrogen-bond acceptors (Lipinski definition) is 6. The first-order valence-electron chi connectivity index (χ1n) is 9.00. The number of aliphatic hydroxyl groups is 1. The highest BCUT2D eigenvalue weighted by Gasteiger charge is 2.19. The van der Waals surface area contributed by atoms with Crippen molar-refractivity contribution in [1.29, 1.82) is 0 Å². The van der Waals surface area contributed by atoms with Crippen LogP contribution in [0.15, 0.2) is 0 Å². The molecule has 128 valence electrons. The summed E-state index contributed by atoms with van der Waals surface area (Å²) >= 11 is 0. The average molecular weight is 319 g/mol. The second-order valence-electron chi connectivity index (χ2n) is 6.56. The summed E-state index contributed by atoms with van der Waals surface area (Å²) in [7, 11) is 0. The van der Waals surface area contributed by atoms with E-state index in [9.17, 15) is 5.11 Å². The summed E-state index contributed by atoms with van der Waals surface area (Å²) in [4.78, 5) is 11.7. The van der Waals surface area contributed by atoms with Crippen LogP contribution in [-0.4, -0.2) is 65.3 Å². The Bertz CT molecular complexity index is 516. The maximum Gasteiger partial charge on any atom is 0.133 e. The van der Waals surface area contributed by atoms with Crippen LogP contribution < -0.4 is 10.6 Å². The Kier molecular flexibility index (Phi) is 5.80. The average Bonchev–Trinajstić information content (AvgIpc) is 2.94. The third-order valence-electron chi connectivity index (χ3n) is 4.72. The fourth-order valence-electron chi connectivity index (χ4n) is 3.44. The summed E-state index contributed by atoms with van der Waals surface area (Å²) in [5.74, 6) is 1.82. The highest BCUT2D eigenvalue weighted by Crippen LogP contribution is 2.20. The molecule has 0 saturated carbocycles. The molecule has 2 aliphatic rings. The number of aryl methyl sites for hydroxylation is 1. The van der Waals surface area contributed by atoms with Gasteiger partial charge in [-0.25, -0.2) is 9.97 Å². The van der Waals surface area contributed by atoms with E-state index in [-0.39, 0.29) is 6.10 Å². The molecule has 1 aromatic heterocycles. The van der Waals surface area contributed by atoms with Crippen molar-refractivity contribution >= 4 is 5.82 Å². The predicted molar refractivity (Wildman–Crippen MR) is 91.9 cm³/mol. The summed E-state index contributed by atoms with van der Waals surface area (Å²) in [5.41, 5.74) is 2.39. The highest BCUT2D eigenvalue weighted by molar-refractivity contribution is 5.47. The molecule has 1 saturated heterocycles. The minimum atomic E-state index is -0.354. The van der Waals surface area contributed by atoms with Gasteiger partial charge in [0, 0.05) is 38.0 Å². The van der Waals surface area contributed by atoms with E-state index >= 15 is 0 Å². The Balaban J connectivity index is 1.65. The zero-order valence-corrected chi connectivity index (χ0v) is 14.1. The first kappa shape index (κ1) is 16.6. The Morgan fingerprint density at radius 2 is 2.00 bits per heavy atom. The number of aliphatic hydroxyl groups excluding tert-OH is 1. The Morgan fingerprint density at radius 1 is 1.22 bits per heavy atom. The zero-order chi connectivity index (χ0) is 16.1. The van der Waals surface area contributed by atoms with Gasteiger partial charge in [-0.3, -0.25) is 0 Å². The van der Waals surface area contributed by atoms with Crippen molar-refractivity contribution in [2.24, 2.45) is 0 Å². The lowest BCUT2D eigenvalue weighted by atomic mass is 10.1. The SMILES string of the molecule is CCc1nc2c(c(NC[C@H](O)CN3CCCC3)n1)CCNCC2. The van der Waals surface area contributed by atoms with Crippen LogP contribution in [-0.2, 0) is 19.3 Å². The smallest absolute Gasteiger partial charge is 0.133 e. The maximum atomic E-state index is 10.3. The second-order valence-corrected chi connectivity index (χ2v) is 6.56. The number of aromatic nitrogens is 2. The summed E-state index contributed by atoms with van der Waals surface area (Å²) in [5, 5.41) is 17.1. The Labute approximate surface area is 138 Å².